The summed E-state index contributed by atoms with van der Waals surface area (Å²) in [5.74, 6) is 0.748. The molecule has 0 aliphatic carbocycles. The number of nitrogens with zero attached hydrogens (tertiary/aromatic N) is 1. The average molecular weight is 281 g/mol. The average Bonchev–Trinajstić information content (AvgIpc) is 2.34. The molecule has 0 saturated carbocycles. The number of nitrogens with two attached hydrogens (primary N) is 1. The zero-order chi connectivity index (χ0) is 14.0. The topological polar surface area (TPSA) is 29.3 Å². The monoisotopic (exact) mass is 280 g/mol. The van der Waals surface area contributed by atoms with E-state index in [1.807, 2.05) is 6.07 Å². The minimum absolute atomic E-state index is 0.178. The molecule has 1 fully saturated rings. The second kappa shape index (κ2) is 6.15. The van der Waals surface area contributed by atoms with Gasteiger partial charge in [0, 0.05) is 29.3 Å². The van der Waals surface area contributed by atoms with Crippen LogP contribution in [0.1, 0.15) is 39.2 Å². The zero-order valence-corrected chi connectivity index (χ0v) is 13.0. The van der Waals surface area contributed by atoms with Crippen LogP contribution in [-0.4, -0.2) is 18.6 Å². The van der Waals surface area contributed by atoms with Crippen molar-refractivity contribution < 1.29 is 0 Å². The summed E-state index contributed by atoms with van der Waals surface area (Å²) in [5, 5.41) is 0.814. The van der Waals surface area contributed by atoms with Gasteiger partial charge in [-0.1, -0.05) is 24.6 Å². The van der Waals surface area contributed by atoms with E-state index in [1.165, 1.54) is 24.1 Å². The van der Waals surface area contributed by atoms with Gasteiger partial charge < -0.3 is 10.6 Å². The lowest BCUT2D eigenvalue weighted by Crippen LogP contribution is -2.41. The van der Waals surface area contributed by atoms with E-state index < -0.39 is 0 Å². The Labute approximate surface area is 121 Å². The molecule has 3 atom stereocenters. The molecule has 1 heterocycles. The molecule has 1 aromatic rings. The van der Waals surface area contributed by atoms with Crippen molar-refractivity contribution in [1.82, 2.24) is 0 Å². The van der Waals surface area contributed by atoms with Crippen molar-refractivity contribution >= 4 is 17.3 Å². The Hall–Kier alpha value is -0.730. The van der Waals surface area contributed by atoms with E-state index in [-0.39, 0.29) is 6.04 Å². The van der Waals surface area contributed by atoms with Crippen molar-refractivity contribution in [2.45, 2.75) is 52.1 Å². The van der Waals surface area contributed by atoms with Crippen LogP contribution >= 0.6 is 11.6 Å². The number of rotatable bonds is 3. The van der Waals surface area contributed by atoms with Gasteiger partial charge in [0.05, 0.1) is 0 Å². The normalized spacial score (nSPS) is 25.4. The molecule has 1 aliphatic heterocycles. The van der Waals surface area contributed by atoms with Gasteiger partial charge in [-0.15, -0.1) is 0 Å². The predicted octanol–water partition coefficient (Wildman–Crippen LogP) is 3.85. The maximum absolute atomic E-state index is 6.20. The number of hydrogen-bond donors (Lipinski definition) is 1. The number of piperidine rings is 1. The third-order valence-corrected chi connectivity index (χ3v) is 4.25. The van der Waals surface area contributed by atoms with Gasteiger partial charge in [-0.25, -0.2) is 0 Å². The van der Waals surface area contributed by atoms with Gasteiger partial charge in [0.25, 0.3) is 0 Å². The molecule has 2 nitrogen and oxygen atoms in total. The number of hydrogen-bond acceptors (Lipinski definition) is 2. The molecule has 1 saturated heterocycles. The Bertz CT molecular complexity index is 431. The highest BCUT2D eigenvalue weighted by Crippen LogP contribution is 2.32. The summed E-state index contributed by atoms with van der Waals surface area (Å²) in [6.45, 7) is 7.81. The van der Waals surface area contributed by atoms with Gasteiger partial charge in [0.1, 0.15) is 0 Å². The molecule has 3 heteroatoms. The second-order valence-electron chi connectivity index (χ2n) is 6.14. The highest BCUT2D eigenvalue weighted by Gasteiger charge is 2.25. The largest absolute Gasteiger partial charge is 0.368 e. The van der Waals surface area contributed by atoms with Crippen molar-refractivity contribution in [3.05, 3.63) is 28.8 Å². The minimum atomic E-state index is 0.178. The Morgan fingerprint density at radius 2 is 2.11 bits per heavy atom. The molecular weight excluding hydrogens is 256 g/mol. The summed E-state index contributed by atoms with van der Waals surface area (Å²) in [4.78, 5) is 2.51. The van der Waals surface area contributed by atoms with Crippen LogP contribution < -0.4 is 10.6 Å². The van der Waals surface area contributed by atoms with Crippen LogP contribution in [0.3, 0.4) is 0 Å². The molecular formula is C16H25ClN2. The van der Waals surface area contributed by atoms with Crippen LogP contribution in [0.25, 0.3) is 0 Å². The van der Waals surface area contributed by atoms with Gasteiger partial charge in [-0.05, 0) is 56.7 Å². The van der Waals surface area contributed by atoms with Crippen molar-refractivity contribution in [1.29, 1.82) is 0 Å². The van der Waals surface area contributed by atoms with Gasteiger partial charge in [0.15, 0.2) is 0 Å². The van der Waals surface area contributed by atoms with E-state index in [4.69, 9.17) is 17.3 Å². The molecule has 1 aliphatic rings. The van der Waals surface area contributed by atoms with E-state index in [0.717, 1.165) is 23.9 Å². The quantitative estimate of drug-likeness (QED) is 0.911. The first-order chi connectivity index (χ1) is 8.97. The van der Waals surface area contributed by atoms with E-state index >= 15 is 0 Å². The van der Waals surface area contributed by atoms with Crippen LogP contribution in [0.15, 0.2) is 18.2 Å². The van der Waals surface area contributed by atoms with Gasteiger partial charge >= 0.3 is 0 Å². The Balaban J connectivity index is 2.32. The first-order valence-corrected chi connectivity index (χ1v) is 7.65. The Kier molecular flexibility index (Phi) is 4.75. The van der Waals surface area contributed by atoms with E-state index in [9.17, 15) is 0 Å². The molecule has 0 aromatic heterocycles. The number of anilines is 1. The maximum Gasteiger partial charge on any atom is 0.0426 e. The molecule has 0 bridgehead atoms. The Morgan fingerprint density at radius 1 is 1.37 bits per heavy atom. The maximum atomic E-state index is 6.20. The predicted molar refractivity (Wildman–Crippen MR) is 84.0 cm³/mol. The fourth-order valence-electron chi connectivity index (χ4n) is 2.95. The fraction of sp³-hybridized carbons (Fsp3) is 0.625. The Morgan fingerprint density at radius 3 is 2.79 bits per heavy atom. The molecule has 1 aromatic carbocycles. The first-order valence-electron chi connectivity index (χ1n) is 7.28. The smallest absolute Gasteiger partial charge is 0.0426 e. The molecule has 2 N–H and O–H groups in total. The van der Waals surface area contributed by atoms with Crippen molar-refractivity contribution in [2.24, 2.45) is 11.7 Å². The second-order valence-corrected chi connectivity index (χ2v) is 6.57. The first kappa shape index (κ1) is 14.7. The lowest BCUT2D eigenvalue weighted by Gasteiger charge is -2.40. The van der Waals surface area contributed by atoms with Crippen molar-refractivity contribution in [3.63, 3.8) is 0 Å². The van der Waals surface area contributed by atoms with Crippen molar-refractivity contribution in [3.8, 4) is 0 Å². The SMILES string of the molecule is CC(N)Cc1ccc(Cl)cc1N1CC(C)CCC1C. The molecule has 0 amide bonds. The van der Waals surface area contributed by atoms with Crippen LogP contribution in [0.5, 0.6) is 0 Å². The lowest BCUT2D eigenvalue weighted by molar-refractivity contribution is 0.389. The number of halogens is 1. The highest BCUT2D eigenvalue weighted by molar-refractivity contribution is 6.30. The van der Waals surface area contributed by atoms with Gasteiger partial charge in [-0.2, -0.15) is 0 Å². The van der Waals surface area contributed by atoms with Crippen LogP contribution in [-0.2, 0) is 6.42 Å². The summed E-state index contributed by atoms with van der Waals surface area (Å²) in [5.41, 5.74) is 8.57. The highest BCUT2D eigenvalue weighted by atomic mass is 35.5. The zero-order valence-electron chi connectivity index (χ0n) is 12.2. The van der Waals surface area contributed by atoms with Crippen LogP contribution in [0.2, 0.25) is 5.02 Å². The summed E-state index contributed by atoms with van der Waals surface area (Å²) < 4.78 is 0. The third kappa shape index (κ3) is 3.64. The van der Waals surface area contributed by atoms with Crippen molar-refractivity contribution in [2.75, 3.05) is 11.4 Å². The van der Waals surface area contributed by atoms with E-state index in [2.05, 4.69) is 37.8 Å². The molecule has 0 spiro atoms. The molecule has 3 unspecified atom stereocenters. The summed E-state index contributed by atoms with van der Waals surface area (Å²) >= 11 is 6.20. The van der Waals surface area contributed by atoms with Gasteiger partial charge in [-0.3, -0.25) is 0 Å². The van der Waals surface area contributed by atoms with Gasteiger partial charge in [0.2, 0.25) is 0 Å². The molecule has 2 rings (SSSR count). The number of benzene rings is 1. The molecule has 106 valence electrons. The molecule has 0 radical (unpaired) electrons. The third-order valence-electron chi connectivity index (χ3n) is 4.02. The summed E-state index contributed by atoms with van der Waals surface area (Å²) in [6, 6.07) is 6.97. The molecule has 19 heavy (non-hydrogen) atoms. The fourth-order valence-corrected chi connectivity index (χ4v) is 3.11. The minimum Gasteiger partial charge on any atom is -0.368 e. The van der Waals surface area contributed by atoms with Crippen LogP contribution in [0, 0.1) is 5.92 Å². The summed E-state index contributed by atoms with van der Waals surface area (Å²) in [7, 11) is 0. The summed E-state index contributed by atoms with van der Waals surface area (Å²) in [6.07, 6.45) is 3.48. The lowest BCUT2D eigenvalue weighted by atomic mass is 9.93. The van der Waals surface area contributed by atoms with E-state index in [1.54, 1.807) is 0 Å². The van der Waals surface area contributed by atoms with Crippen LogP contribution in [0.4, 0.5) is 5.69 Å². The van der Waals surface area contributed by atoms with E-state index in [0.29, 0.717) is 6.04 Å². The standard InChI is InChI=1S/C16H25ClN2/c1-11-4-5-13(3)19(10-11)16-9-15(17)7-6-14(16)8-12(2)18/h6-7,9,11-13H,4-5,8,10,18H2,1-3H3.